The van der Waals surface area contributed by atoms with E-state index in [0.717, 1.165) is 25.8 Å². The van der Waals surface area contributed by atoms with Crippen molar-refractivity contribution in [2.24, 2.45) is 5.92 Å². The van der Waals surface area contributed by atoms with E-state index < -0.39 is 0 Å². The molecule has 0 radical (unpaired) electrons. The molecule has 0 aliphatic carbocycles. The molecule has 1 N–H and O–H groups in total. The Balaban J connectivity index is 1.71. The maximum absolute atomic E-state index is 12.1. The van der Waals surface area contributed by atoms with E-state index in [2.05, 4.69) is 11.9 Å². The largest absolute Gasteiger partial charge is 0.346 e. The van der Waals surface area contributed by atoms with Crippen LogP contribution < -0.4 is 5.32 Å². The molecule has 0 aromatic rings. The van der Waals surface area contributed by atoms with Gasteiger partial charge in [0.05, 0.1) is 0 Å². The first-order chi connectivity index (χ1) is 8.69. The van der Waals surface area contributed by atoms with Crippen LogP contribution in [0.4, 0.5) is 0 Å². The van der Waals surface area contributed by atoms with E-state index in [-0.39, 0.29) is 0 Å². The Morgan fingerprint density at radius 3 is 2.67 bits per heavy atom. The molecule has 3 heteroatoms. The predicted molar refractivity (Wildman–Crippen MR) is 74.4 cm³/mol. The molecular weight excluding hydrogens is 224 g/mol. The molecule has 2 saturated heterocycles. The molecule has 0 spiro atoms. The second kappa shape index (κ2) is 6.37. The van der Waals surface area contributed by atoms with Gasteiger partial charge in [0.15, 0.2) is 0 Å². The monoisotopic (exact) mass is 250 g/mol. The fourth-order valence-corrected chi connectivity index (χ4v) is 3.34. The number of piperidine rings is 1. The third kappa shape index (κ3) is 3.58. The van der Waals surface area contributed by atoms with Gasteiger partial charge in [0.2, 0.25) is 5.91 Å². The molecule has 2 rings (SSSR count). The SMILES string of the molecule is C=CCCCN(C)C(=O)CC1CC2CCC(C1)N2. The Kier molecular flexibility index (Phi) is 4.81. The molecule has 2 heterocycles. The zero-order valence-electron chi connectivity index (χ0n) is 11.5. The molecule has 2 atom stereocenters. The van der Waals surface area contributed by atoms with Gasteiger partial charge >= 0.3 is 0 Å². The number of allylic oxidation sites excluding steroid dienone is 1. The van der Waals surface area contributed by atoms with Gasteiger partial charge in [0.25, 0.3) is 0 Å². The summed E-state index contributed by atoms with van der Waals surface area (Å²) >= 11 is 0. The van der Waals surface area contributed by atoms with Gasteiger partial charge in [-0.2, -0.15) is 0 Å². The van der Waals surface area contributed by atoms with Crippen LogP contribution in [-0.2, 0) is 4.79 Å². The van der Waals surface area contributed by atoms with E-state index in [1.807, 2.05) is 18.0 Å². The first kappa shape index (κ1) is 13.6. The van der Waals surface area contributed by atoms with Crippen LogP contribution in [0.5, 0.6) is 0 Å². The molecule has 2 fully saturated rings. The number of unbranched alkanes of at least 4 members (excludes halogenated alkanes) is 1. The van der Waals surface area contributed by atoms with Crippen molar-refractivity contribution in [1.29, 1.82) is 0 Å². The Bertz CT molecular complexity index is 291. The highest BCUT2D eigenvalue weighted by Gasteiger charge is 2.34. The lowest BCUT2D eigenvalue weighted by Gasteiger charge is -2.30. The van der Waals surface area contributed by atoms with Crippen LogP contribution in [0.2, 0.25) is 0 Å². The van der Waals surface area contributed by atoms with Gasteiger partial charge < -0.3 is 10.2 Å². The average Bonchev–Trinajstić information content (AvgIpc) is 2.69. The first-order valence-electron chi connectivity index (χ1n) is 7.30. The van der Waals surface area contributed by atoms with Gasteiger partial charge in [-0.15, -0.1) is 6.58 Å². The van der Waals surface area contributed by atoms with E-state index in [1.54, 1.807) is 0 Å². The minimum atomic E-state index is 0.324. The van der Waals surface area contributed by atoms with Crippen molar-refractivity contribution in [2.75, 3.05) is 13.6 Å². The van der Waals surface area contributed by atoms with Crippen LogP contribution in [0, 0.1) is 5.92 Å². The average molecular weight is 250 g/mol. The number of hydrogen-bond acceptors (Lipinski definition) is 2. The molecule has 2 bridgehead atoms. The topological polar surface area (TPSA) is 32.3 Å². The Hall–Kier alpha value is -0.830. The minimum Gasteiger partial charge on any atom is -0.346 e. The predicted octanol–water partition coefficient (Wildman–Crippen LogP) is 2.33. The van der Waals surface area contributed by atoms with Crippen LogP contribution in [0.25, 0.3) is 0 Å². The van der Waals surface area contributed by atoms with Gasteiger partial charge in [-0.1, -0.05) is 6.08 Å². The third-order valence-corrected chi connectivity index (χ3v) is 4.36. The summed E-state index contributed by atoms with van der Waals surface area (Å²) in [5.41, 5.74) is 0. The van der Waals surface area contributed by atoms with Crippen molar-refractivity contribution in [3.8, 4) is 0 Å². The zero-order chi connectivity index (χ0) is 13.0. The quantitative estimate of drug-likeness (QED) is 0.579. The van der Waals surface area contributed by atoms with E-state index in [9.17, 15) is 4.79 Å². The first-order valence-corrected chi connectivity index (χ1v) is 7.30. The molecule has 2 aliphatic rings. The number of amides is 1. The Morgan fingerprint density at radius 1 is 1.39 bits per heavy atom. The number of carbonyl (C=O) groups excluding carboxylic acids is 1. The lowest BCUT2D eigenvalue weighted by atomic mass is 9.89. The van der Waals surface area contributed by atoms with E-state index in [1.165, 1.54) is 25.7 Å². The van der Waals surface area contributed by atoms with Gasteiger partial charge in [-0.05, 0) is 44.4 Å². The third-order valence-electron chi connectivity index (χ3n) is 4.36. The normalized spacial score (nSPS) is 30.2. The van der Waals surface area contributed by atoms with E-state index in [4.69, 9.17) is 0 Å². The second-order valence-corrected chi connectivity index (χ2v) is 5.93. The molecule has 0 aromatic heterocycles. The van der Waals surface area contributed by atoms with Crippen molar-refractivity contribution in [3.05, 3.63) is 12.7 Å². The minimum absolute atomic E-state index is 0.324. The standard InChI is InChI=1S/C15H26N2O/c1-3-4-5-8-17(2)15(18)11-12-9-13-6-7-14(10-12)16-13/h3,12-14,16H,1,4-11H2,2H3. The highest BCUT2D eigenvalue weighted by atomic mass is 16.2. The summed E-state index contributed by atoms with van der Waals surface area (Å²) in [7, 11) is 1.93. The summed E-state index contributed by atoms with van der Waals surface area (Å²) in [5, 5.41) is 3.63. The molecule has 0 saturated carbocycles. The molecule has 0 aromatic carbocycles. The van der Waals surface area contributed by atoms with E-state index >= 15 is 0 Å². The Morgan fingerprint density at radius 2 is 2.06 bits per heavy atom. The van der Waals surface area contributed by atoms with Crippen molar-refractivity contribution in [3.63, 3.8) is 0 Å². The lowest BCUT2D eigenvalue weighted by molar-refractivity contribution is -0.131. The van der Waals surface area contributed by atoms with Crippen LogP contribution in [0.15, 0.2) is 12.7 Å². The molecule has 102 valence electrons. The summed E-state index contributed by atoms with van der Waals surface area (Å²) in [6.45, 7) is 4.57. The van der Waals surface area contributed by atoms with Crippen LogP contribution in [0.1, 0.15) is 44.9 Å². The number of rotatable bonds is 6. The zero-order valence-corrected chi connectivity index (χ0v) is 11.5. The molecule has 18 heavy (non-hydrogen) atoms. The van der Waals surface area contributed by atoms with Gasteiger partial charge in [0, 0.05) is 32.1 Å². The fourth-order valence-electron chi connectivity index (χ4n) is 3.34. The molecule has 3 nitrogen and oxygen atoms in total. The smallest absolute Gasteiger partial charge is 0.222 e. The number of nitrogens with one attached hydrogen (secondary N) is 1. The summed E-state index contributed by atoms with van der Waals surface area (Å²) in [5.74, 6) is 0.934. The highest BCUT2D eigenvalue weighted by Crippen LogP contribution is 2.32. The Labute approximate surface area is 111 Å². The molecular formula is C15H26N2O. The second-order valence-electron chi connectivity index (χ2n) is 5.93. The van der Waals surface area contributed by atoms with Gasteiger partial charge in [-0.25, -0.2) is 0 Å². The summed E-state index contributed by atoms with van der Waals surface area (Å²) < 4.78 is 0. The van der Waals surface area contributed by atoms with Crippen LogP contribution in [0.3, 0.4) is 0 Å². The van der Waals surface area contributed by atoms with Crippen LogP contribution >= 0.6 is 0 Å². The van der Waals surface area contributed by atoms with Crippen molar-refractivity contribution in [2.45, 2.75) is 57.0 Å². The molecule has 1 amide bonds. The maximum atomic E-state index is 12.1. The lowest BCUT2D eigenvalue weighted by Crippen LogP contribution is -2.40. The van der Waals surface area contributed by atoms with Crippen LogP contribution in [-0.4, -0.2) is 36.5 Å². The summed E-state index contributed by atoms with van der Waals surface area (Å²) in [6.07, 6.45) is 9.71. The molecule has 2 unspecified atom stereocenters. The van der Waals surface area contributed by atoms with Gasteiger partial charge in [-0.3, -0.25) is 4.79 Å². The fraction of sp³-hybridized carbons (Fsp3) is 0.800. The van der Waals surface area contributed by atoms with Crippen molar-refractivity contribution >= 4 is 5.91 Å². The van der Waals surface area contributed by atoms with Crippen molar-refractivity contribution in [1.82, 2.24) is 10.2 Å². The maximum Gasteiger partial charge on any atom is 0.222 e. The van der Waals surface area contributed by atoms with Crippen molar-refractivity contribution < 1.29 is 4.79 Å². The number of carbonyl (C=O) groups is 1. The highest BCUT2D eigenvalue weighted by molar-refractivity contribution is 5.76. The number of fused-ring (bicyclic) bond motifs is 2. The van der Waals surface area contributed by atoms with E-state index in [0.29, 0.717) is 23.9 Å². The summed E-state index contributed by atoms with van der Waals surface area (Å²) in [4.78, 5) is 14.0. The number of hydrogen-bond donors (Lipinski definition) is 1. The van der Waals surface area contributed by atoms with Gasteiger partial charge in [0.1, 0.15) is 0 Å². The summed E-state index contributed by atoms with van der Waals surface area (Å²) in [6, 6.07) is 1.38. The number of nitrogens with zero attached hydrogens (tertiary/aromatic N) is 1. The molecule has 2 aliphatic heterocycles.